The number of ether oxygens (including phenoxy) is 1. The summed E-state index contributed by atoms with van der Waals surface area (Å²) in [6.45, 7) is 2.18. The molecule has 3 aromatic rings. The summed E-state index contributed by atoms with van der Waals surface area (Å²) in [6.07, 6.45) is 1.56. The molecule has 0 unspecified atom stereocenters. The zero-order valence-electron chi connectivity index (χ0n) is 17.1. The quantitative estimate of drug-likeness (QED) is 0.188. The average Bonchev–Trinajstić information content (AvgIpc) is 2.78. The first kappa shape index (κ1) is 24.1. The molecule has 0 saturated carbocycles. The van der Waals surface area contributed by atoms with Gasteiger partial charge in [0.25, 0.3) is 5.91 Å². The molecule has 0 fully saturated rings. The van der Waals surface area contributed by atoms with Crippen LogP contribution < -0.4 is 10.1 Å². The van der Waals surface area contributed by atoms with E-state index in [1.165, 1.54) is 0 Å². The first-order valence-corrected chi connectivity index (χ1v) is 11.5. The summed E-state index contributed by atoms with van der Waals surface area (Å²) in [5.74, 6) is 0.256. The second-order valence-corrected chi connectivity index (χ2v) is 9.00. The maximum Gasteiger partial charge on any atom is 0.262 e. The molecule has 3 rings (SSSR count). The minimum atomic E-state index is -0.420. The highest BCUT2D eigenvalue weighted by atomic mass is 127. The van der Waals surface area contributed by atoms with Crippen LogP contribution in [-0.2, 0) is 11.4 Å². The van der Waals surface area contributed by atoms with Gasteiger partial charge in [0.05, 0.1) is 9.61 Å². The number of nitrogens with one attached hydrogen (secondary N) is 1. The maximum absolute atomic E-state index is 12.6. The van der Waals surface area contributed by atoms with E-state index in [0.717, 1.165) is 20.3 Å². The van der Waals surface area contributed by atoms with Crippen LogP contribution in [0.3, 0.4) is 0 Å². The Morgan fingerprint density at radius 3 is 2.56 bits per heavy atom. The molecule has 0 aliphatic rings. The number of rotatable bonds is 7. The molecule has 0 aromatic heterocycles. The van der Waals surface area contributed by atoms with Crippen LogP contribution in [-0.4, -0.2) is 5.91 Å². The predicted octanol–water partition coefficient (Wildman–Crippen LogP) is 6.96. The summed E-state index contributed by atoms with van der Waals surface area (Å²) >= 11 is 14.3. The minimum Gasteiger partial charge on any atom is -0.488 e. The molecule has 0 aliphatic carbocycles. The fourth-order valence-electron chi connectivity index (χ4n) is 2.93. The SMILES string of the molecule is C[C@H](NC(=O)/C(C#N)=C\c1ccc(OCc2ccc(Cl)cc2Cl)c(I)c1)c1ccccc1. The van der Waals surface area contributed by atoms with Crippen molar-refractivity contribution in [3.63, 3.8) is 0 Å². The fourth-order valence-corrected chi connectivity index (χ4v) is 4.09. The first-order chi connectivity index (χ1) is 15.4. The molecule has 32 heavy (non-hydrogen) atoms. The van der Waals surface area contributed by atoms with Crippen molar-refractivity contribution in [3.8, 4) is 11.8 Å². The number of amides is 1. The van der Waals surface area contributed by atoms with Crippen molar-refractivity contribution in [2.24, 2.45) is 0 Å². The molecule has 0 radical (unpaired) electrons. The highest BCUT2D eigenvalue weighted by Gasteiger charge is 2.14. The molecule has 0 aliphatic heterocycles. The van der Waals surface area contributed by atoms with Gasteiger partial charge in [-0.25, -0.2) is 0 Å². The third-order valence-corrected chi connectivity index (χ3v) is 6.11. The minimum absolute atomic E-state index is 0.0326. The molecule has 0 saturated heterocycles. The highest BCUT2D eigenvalue weighted by molar-refractivity contribution is 14.1. The van der Waals surface area contributed by atoms with Gasteiger partial charge in [-0.05, 0) is 71.0 Å². The summed E-state index contributed by atoms with van der Waals surface area (Å²) < 4.78 is 6.72. The topological polar surface area (TPSA) is 62.1 Å². The van der Waals surface area contributed by atoms with Crippen LogP contribution in [0.15, 0.2) is 72.3 Å². The van der Waals surface area contributed by atoms with E-state index >= 15 is 0 Å². The predicted molar refractivity (Wildman–Crippen MR) is 137 cm³/mol. The van der Waals surface area contributed by atoms with Crippen LogP contribution in [0.4, 0.5) is 0 Å². The Hall–Kier alpha value is -2.53. The first-order valence-electron chi connectivity index (χ1n) is 9.71. The monoisotopic (exact) mass is 576 g/mol. The lowest BCUT2D eigenvalue weighted by atomic mass is 10.1. The van der Waals surface area contributed by atoms with E-state index < -0.39 is 5.91 Å². The Labute approximate surface area is 210 Å². The van der Waals surface area contributed by atoms with Gasteiger partial charge in [-0.15, -0.1) is 0 Å². The van der Waals surface area contributed by atoms with Gasteiger partial charge in [0, 0.05) is 15.6 Å². The van der Waals surface area contributed by atoms with Crippen molar-refractivity contribution >= 4 is 57.8 Å². The van der Waals surface area contributed by atoms with Gasteiger partial charge in [0.1, 0.15) is 24.0 Å². The smallest absolute Gasteiger partial charge is 0.262 e. The van der Waals surface area contributed by atoms with Crippen molar-refractivity contribution in [1.29, 1.82) is 5.26 Å². The van der Waals surface area contributed by atoms with Gasteiger partial charge in [0.15, 0.2) is 0 Å². The van der Waals surface area contributed by atoms with E-state index in [4.69, 9.17) is 27.9 Å². The van der Waals surface area contributed by atoms with E-state index in [2.05, 4.69) is 27.9 Å². The van der Waals surface area contributed by atoms with E-state index in [1.807, 2.05) is 55.5 Å². The lowest BCUT2D eigenvalue weighted by molar-refractivity contribution is -0.117. The maximum atomic E-state index is 12.6. The normalized spacial score (nSPS) is 12.0. The molecule has 7 heteroatoms. The third-order valence-electron chi connectivity index (χ3n) is 4.68. The lowest BCUT2D eigenvalue weighted by Crippen LogP contribution is -2.27. The summed E-state index contributed by atoms with van der Waals surface area (Å²) in [5.41, 5.74) is 2.55. The Morgan fingerprint density at radius 2 is 1.91 bits per heavy atom. The zero-order chi connectivity index (χ0) is 23.1. The van der Waals surface area contributed by atoms with E-state index in [9.17, 15) is 10.1 Å². The molecule has 0 bridgehead atoms. The van der Waals surface area contributed by atoms with E-state index in [0.29, 0.717) is 22.4 Å². The fraction of sp³-hybridized carbons (Fsp3) is 0.120. The lowest BCUT2D eigenvalue weighted by Gasteiger charge is -2.14. The van der Waals surface area contributed by atoms with Crippen LogP contribution in [0, 0.1) is 14.9 Å². The second-order valence-electron chi connectivity index (χ2n) is 6.99. The van der Waals surface area contributed by atoms with Gasteiger partial charge < -0.3 is 10.1 Å². The van der Waals surface area contributed by atoms with Crippen molar-refractivity contribution in [1.82, 2.24) is 5.32 Å². The molecule has 0 heterocycles. The van der Waals surface area contributed by atoms with E-state index in [-0.39, 0.29) is 11.6 Å². The van der Waals surface area contributed by atoms with E-state index in [1.54, 1.807) is 30.3 Å². The summed E-state index contributed by atoms with van der Waals surface area (Å²) in [5, 5.41) is 13.5. The van der Waals surface area contributed by atoms with Crippen LogP contribution in [0.1, 0.15) is 29.7 Å². The molecule has 1 N–H and O–H groups in total. The summed E-state index contributed by atoms with van der Waals surface area (Å²) in [6, 6.07) is 22.1. The van der Waals surface area contributed by atoms with Crippen molar-refractivity contribution < 1.29 is 9.53 Å². The van der Waals surface area contributed by atoms with Crippen LogP contribution in [0.2, 0.25) is 10.0 Å². The molecule has 4 nitrogen and oxygen atoms in total. The molecule has 1 atom stereocenters. The number of carbonyl (C=O) groups is 1. The van der Waals surface area contributed by atoms with Gasteiger partial charge in [-0.2, -0.15) is 5.26 Å². The summed E-state index contributed by atoms with van der Waals surface area (Å²) in [7, 11) is 0. The average molecular weight is 577 g/mol. The largest absolute Gasteiger partial charge is 0.488 e. The van der Waals surface area contributed by atoms with Crippen LogP contribution in [0.5, 0.6) is 5.75 Å². The van der Waals surface area contributed by atoms with Crippen LogP contribution >= 0.6 is 45.8 Å². The second kappa shape index (κ2) is 11.4. The number of hydrogen-bond acceptors (Lipinski definition) is 3. The molecule has 0 spiro atoms. The molecular formula is C25H19Cl2IN2O2. The molecule has 1 amide bonds. The standard InChI is InChI=1S/C25H19Cl2IN2O2/c1-16(18-5-3-2-4-6-18)30-25(31)20(14-29)11-17-7-10-24(23(28)12-17)32-15-19-8-9-21(26)13-22(19)27/h2-13,16H,15H2,1H3,(H,30,31)/b20-11-/t16-/m0/s1. The molecular weight excluding hydrogens is 558 g/mol. The summed E-state index contributed by atoms with van der Waals surface area (Å²) in [4.78, 5) is 12.6. The molecule has 3 aromatic carbocycles. The number of hydrogen-bond donors (Lipinski definition) is 1. The highest BCUT2D eigenvalue weighted by Crippen LogP contribution is 2.27. The zero-order valence-corrected chi connectivity index (χ0v) is 20.8. The Morgan fingerprint density at radius 1 is 1.16 bits per heavy atom. The number of nitriles is 1. The third kappa shape index (κ3) is 6.49. The van der Waals surface area contributed by atoms with Crippen molar-refractivity contribution in [2.75, 3.05) is 0 Å². The van der Waals surface area contributed by atoms with Gasteiger partial charge >= 0.3 is 0 Å². The Balaban J connectivity index is 1.69. The van der Waals surface area contributed by atoms with Gasteiger partial charge in [-0.1, -0.05) is 65.7 Å². The van der Waals surface area contributed by atoms with Crippen molar-refractivity contribution in [2.45, 2.75) is 19.6 Å². The van der Waals surface area contributed by atoms with Gasteiger partial charge in [0.2, 0.25) is 0 Å². The number of halogens is 3. The Kier molecular flexibility index (Phi) is 8.57. The number of carbonyl (C=O) groups excluding carboxylic acids is 1. The van der Waals surface area contributed by atoms with Gasteiger partial charge in [-0.3, -0.25) is 4.79 Å². The molecule has 162 valence electrons. The Bertz CT molecular complexity index is 1190. The van der Waals surface area contributed by atoms with Crippen molar-refractivity contribution in [3.05, 3.63) is 103 Å². The van der Waals surface area contributed by atoms with Crippen LogP contribution in [0.25, 0.3) is 6.08 Å². The number of nitrogens with zero attached hydrogens (tertiary/aromatic N) is 1. The number of benzene rings is 3.